The van der Waals surface area contributed by atoms with Crippen LogP contribution in [0.5, 0.6) is 0 Å². The first-order valence-corrected chi connectivity index (χ1v) is 32.8. The Balaban J connectivity index is 2.36. The third-order valence-electron chi connectivity index (χ3n) is 3.67. The van der Waals surface area contributed by atoms with Crippen molar-refractivity contribution >= 4 is 75.2 Å². The van der Waals surface area contributed by atoms with Crippen LogP contribution in [0, 0.1) is 0 Å². The molecule has 0 atom stereocenters. The molecule has 0 saturated carbocycles. The Hall–Kier alpha value is 3.01. The fraction of sp³-hybridized carbons (Fsp3) is 1.00. The molecule has 1 aliphatic rings. The van der Waals surface area contributed by atoms with E-state index in [-0.39, 0.29) is 0 Å². The predicted molar refractivity (Wildman–Crippen MR) is 103 cm³/mol. The first-order valence-electron chi connectivity index (χ1n) is 7.17. The fourth-order valence-electron chi connectivity index (χ4n) is 2.49. The molecule has 0 aromatic carbocycles. The third kappa shape index (κ3) is 9.85. The van der Waals surface area contributed by atoms with Gasteiger partial charge in [-0.1, -0.05) is 0 Å². The maximum atomic E-state index is 4.03. The van der Waals surface area contributed by atoms with Crippen LogP contribution in [0.2, 0.25) is 21.0 Å². The summed E-state index contributed by atoms with van der Waals surface area (Å²) in [4.78, 5) is 0. The molecule has 1 saturated heterocycles. The van der Waals surface area contributed by atoms with Gasteiger partial charge in [-0.3, -0.25) is 0 Å². The second-order valence-corrected chi connectivity index (χ2v) is 59.5. The van der Waals surface area contributed by atoms with E-state index in [4.69, 9.17) is 0 Å². The predicted octanol–water partition coefficient (Wildman–Crippen LogP) is 7.58. The van der Waals surface area contributed by atoms with E-state index in [1.807, 2.05) is 0 Å². The van der Waals surface area contributed by atoms with Gasteiger partial charge in [-0.15, -0.1) is 0 Å². The van der Waals surface area contributed by atoms with Gasteiger partial charge >= 0.3 is 148 Å². The van der Waals surface area contributed by atoms with Gasteiger partial charge < -0.3 is 0 Å². The molecular formula is C12H24Br4Ge2. The molecule has 6 heteroatoms. The summed E-state index contributed by atoms with van der Waals surface area (Å²) < 4.78 is 0. The Labute approximate surface area is 145 Å². The van der Waals surface area contributed by atoms with Gasteiger partial charge in [-0.05, 0) is 0 Å². The second kappa shape index (κ2) is 9.91. The second-order valence-electron chi connectivity index (χ2n) is 5.54. The average Bonchev–Trinajstić information content (AvgIpc) is 2.27. The van der Waals surface area contributed by atoms with Crippen LogP contribution in [0.25, 0.3) is 0 Å². The van der Waals surface area contributed by atoms with E-state index < -0.39 is 19.2 Å². The van der Waals surface area contributed by atoms with E-state index in [1.165, 1.54) is 72.4 Å². The molecule has 1 rings (SSSR count). The van der Waals surface area contributed by atoms with Crippen LogP contribution in [0.15, 0.2) is 0 Å². The van der Waals surface area contributed by atoms with Gasteiger partial charge in [0.15, 0.2) is 0 Å². The molecule has 1 heterocycles. The summed E-state index contributed by atoms with van der Waals surface area (Å²) in [5, 5.41) is 5.81. The number of rotatable bonds is 0. The standard InChI is InChI=1S/C12H24Br4Ge2/c13-17(14)9-5-1-2-6-10-18(15,16)12-8-4-3-7-11-17/h1-12H2. The Morgan fingerprint density at radius 3 is 0.833 bits per heavy atom. The summed E-state index contributed by atoms with van der Waals surface area (Å²) in [5.41, 5.74) is 0. The maximum absolute atomic E-state index is 4.03. The van der Waals surface area contributed by atoms with Gasteiger partial charge in [0.2, 0.25) is 0 Å². The van der Waals surface area contributed by atoms with Gasteiger partial charge in [-0.25, -0.2) is 0 Å². The van der Waals surface area contributed by atoms with E-state index in [1.54, 1.807) is 0 Å². The summed E-state index contributed by atoms with van der Waals surface area (Å²) in [6, 6.07) is 0. The van der Waals surface area contributed by atoms with E-state index >= 15 is 0 Å². The normalized spacial score (nSPS) is 27.3. The first-order chi connectivity index (χ1) is 8.41. The van der Waals surface area contributed by atoms with E-state index in [9.17, 15) is 0 Å². The Morgan fingerprint density at radius 2 is 0.611 bits per heavy atom. The van der Waals surface area contributed by atoms with Crippen LogP contribution in [-0.2, 0) is 0 Å². The molecule has 0 aromatic heterocycles. The van der Waals surface area contributed by atoms with Crippen LogP contribution in [0.4, 0.5) is 0 Å². The van der Waals surface area contributed by atoms with Crippen molar-refractivity contribution in [1.29, 1.82) is 0 Å². The molecule has 1 fully saturated rings. The Bertz CT molecular complexity index is 190. The van der Waals surface area contributed by atoms with Crippen molar-refractivity contribution in [2.45, 2.75) is 72.4 Å². The topological polar surface area (TPSA) is 0 Å². The van der Waals surface area contributed by atoms with Crippen molar-refractivity contribution < 1.29 is 0 Å². The SMILES string of the molecule is [Br][Ge]1([Br])[CH2]CCCC[CH2][Ge]([Br])([Br])[CH2]CCCC[CH2]1. The molecule has 18 heavy (non-hydrogen) atoms. The quantitative estimate of drug-likeness (QED) is 0.242. The van der Waals surface area contributed by atoms with E-state index in [2.05, 4.69) is 56.0 Å². The molecule has 0 amide bonds. The van der Waals surface area contributed by atoms with Gasteiger partial charge in [0.25, 0.3) is 0 Å². The molecule has 0 bridgehead atoms. The van der Waals surface area contributed by atoms with E-state index in [0.717, 1.165) is 0 Å². The van der Waals surface area contributed by atoms with Gasteiger partial charge in [0, 0.05) is 0 Å². The van der Waals surface area contributed by atoms with Crippen molar-refractivity contribution in [3.8, 4) is 0 Å². The van der Waals surface area contributed by atoms with Crippen molar-refractivity contribution in [2.24, 2.45) is 0 Å². The zero-order valence-electron chi connectivity index (χ0n) is 11.0. The molecule has 0 aliphatic carbocycles. The monoisotopic (exact) mass is 632 g/mol. The van der Waals surface area contributed by atoms with Crippen molar-refractivity contribution in [1.82, 2.24) is 0 Å². The fourth-order valence-corrected chi connectivity index (χ4v) is 21.6. The number of halogens is 4. The number of hydrogen-bond donors (Lipinski definition) is 0. The molecule has 0 unspecified atom stereocenters. The molecule has 0 radical (unpaired) electrons. The molecular weight excluding hydrogens is 609 g/mol. The first kappa shape index (κ1) is 19.1. The minimum absolute atomic E-state index is 1.43. The van der Waals surface area contributed by atoms with Gasteiger partial charge in [0.05, 0.1) is 0 Å². The molecule has 0 spiro atoms. The zero-order chi connectivity index (χ0) is 13.5. The number of hydrogen-bond acceptors (Lipinski definition) is 0. The summed E-state index contributed by atoms with van der Waals surface area (Å²) >= 11 is 16.1. The summed E-state index contributed by atoms with van der Waals surface area (Å²) in [7, 11) is -3.41. The molecule has 1 aliphatic heterocycles. The van der Waals surface area contributed by atoms with Crippen LogP contribution in [-0.4, -0.2) is 19.2 Å². The summed E-state index contributed by atoms with van der Waals surface area (Å²) in [6.45, 7) is 0. The van der Waals surface area contributed by atoms with Gasteiger partial charge in [-0.2, -0.15) is 0 Å². The van der Waals surface area contributed by atoms with Crippen molar-refractivity contribution in [2.75, 3.05) is 0 Å². The molecule has 108 valence electrons. The van der Waals surface area contributed by atoms with E-state index in [0.29, 0.717) is 0 Å². The third-order valence-corrected chi connectivity index (χ3v) is 29.3. The van der Waals surface area contributed by atoms with Crippen molar-refractivity contribution in [3.63, 3.8) is 0 Å². The van der Waals surface area contributed by atoms with Crippen LogP contribution in [0.1, 0.15) is 51.4 Å². The average molecular weight is 633 g/mol. The van der Waals surface area contributed by atoms with Gasteiger partial charge in [0.1, 0.15) is 0 Å². The van der Waals surface area contributed by atoms with Crippen molar-refractivity contribution in [3.05, 3.63) is 0 Å². The molecule has 0 aromatic rings. The Morgan fingerprint density at radius 1 is 0.389 bits per heavy atom. The van der Waals surface area contributed by atoms with Crippen LogP contribution < -0.4 is 0 Å². The Kier molecular flexibility index (Phi) is 10.5. The van der Waals surface area contributed by atoms with Crippen LogP contribution in [0.3, 0.4) is 0 Å². The van der Waals surface area contributed by atoms with Crippen LogP contribution >= 0.6 is 56.0 Å². The molecule has 0 nitrogen and oxygen atoms in total. The summed E-state index contributed by atoms with van der Waals surface area (Å²) in [5.74, 6) is 0. The molecule has 0 N–H and O–H groups in total. The summed E-state index contributed by atoms with van der Waals surface area (Å²) in [6.07, 6.45) is 11.5. The minimum atomic E-state index is -1.70. The zero-order valence-corrected chi connectivity index (χ0v) is 21.5.